The summed E-state index contributed by atoms with van der Waals surface area (Å²) in [6.07, 6.45) is 0.516. The van der Waals surface area contributed by atoms with Gasteiger partial charge < -0.3 is 9.64 Å². The molecule has 0 fully saturated rings. The number of aryl methyl sites for hydroxylation is 2. The van der Waals surface area contributed by atoms with Crippen LogP contribution in [0.2, 0.25) is 0 Å². The molecule has 0 aliphatic rings. The van der Waals surface area contributed by atoms with E-state index in [2.05, 4.69) is 56.3 Å². The van der Waals surface area contributed by atoms with Crippen molar-refractivity contribution in [1.29, 1.82) is 0 Å². The Morgan fingerprint density at radius 1 is 0.941 bits per heavy atom. The van der Waals surface area contributed by atoms with Crippen molar-refractivity contribution >= 4 is 5.91 Å². The van der Waals surface area contributed by atoms with Crippen molar-refractivity contribution in [3.05, 3.63) is 101 Å². The first-order chi connectivity index (χ1) is 16.4. The highest BCUT2D eigenvalue weighted by molar-refractivity contribution is 5.83. The molecule has 0 aliphatic carbocycles. The van der Waals surface area contributed by atoms with Gasteiger partial charge in [0.1, 0.15) is 5.75 Å². The maximum absolute atomic E-state index is 13.2. The molecule has 1 heterocycles. The third-order valence-corrected chi connectivity index (χ3v) is 6.02. The van der Waals surface area contributed by atoms with Crippen LogP contribution in [0.5, 0.6) is 5.75 Å². The smallest absolute Gasteiger partial charge is 0.229 e. The van der Waals surface area contributed by atoms with Gasteiger partial charge in [0, 0.05) is 26.1 Å². The fourth-order valence-electron chi connectivity index (χ4n) is 4.14. The second-order valence-corrected chi connectivity index (χ2v) is 8.90. The summed E-state index contributed by atoms with van der Waals surface area (Å²) in [6.45, 7) is 4.13. The van der Waals surface area contributed by atoms with Crippen LogP contribution in [-0.4, -0.2) is 41.8 Å². The highest BCUT2D eigenvalue weighted by Crippen LogP contribution is 2.29. The van der Waals surface area contributed by atoms with E-state index in [9.17, 15) is 4.79 Å². The summed E-state index contributed by atoms with van der Waals surface area (Å²) in [6, 6.07) is 26.6. The lowest BCUT2D eigenvalue weighted by Crippen LogP contribution is -2.29. The number of aromatic nitrogens is 2. The van der Waals surface area contributed by atoms with Crippen molar-refractivity contribution < 1.29 is 9.53 Å². The Hall–Kier alpha value is -3.86. The number of ether oxygens (including phenoxy) is 1. The summed E-state index contributed by atoms with van der Waals surface area (Å²) in [5, 5.41) is 4.97. The SMILES string of the molecule is COc1ccc(-n2nc(CC(C(=O)N(C)C)c3cccc(C)c3)cc2-c2ccc(C)cc2)cc1. The van der Waals surface area contributed by atoms with Crippen molar-refractivity contribution in [2.24, 2.45) is 0 Å². The second kappa shape index (κ2) is 9.96. The minimum absolute atomic E-state index is 0.0708. The van der Waals surface area contributed by atoms with E-state index in [0.29, 0.717) is 6.42 Å². The zero-order valence-electron chi connectivity index (χ0n) is 20.4. The highest BCUT2D eigenvalue weighted by Gasteiger charge is 2.25. The number of methoxy groups -OCH3 is 1. The summed E-state index contributed by atoms with van der Waals surface area (Å²) in [7, 11) is 5.27. The molecule has 5 heteroatoms. The minimum atomic E-state index is -0.306. The van der Waals surface area contributed by atoms with Gasteiger partial charge in [-0.15, -0.1) is 0 Å². The van der Waals surface area contributed by atoms with Gasteiger partial charge in [0.15, 0.2) is 0 Å². The van der Waals surface area contributed by atoms with Gasteiger partial charge in [-0.3, -0.25) is 4.79 Å². The van der Waals surface area contributed by atoms with Crippen molar-refractivity contribution in [2.75, 3.05) is 21.2 Å². The van der Waals surface area contributed by atoms with Gasteiger partial charge in [-0.2, -0.15) is 5.10 Å². The number of hydrogen-bond acceptors (Lipinski definition) is 3. The maximum atomic E-state index is 13.2. The zero-order chi connectivity index (χ0) is 24.2. The molecule has 1 unspecified atom stereocenters. The van der Waals surface area contributed by atoms with E-state index in [1.807, 2.05) is 41.1 Å². The maximum Gasteiger partial charge on any atom is 0.229 e. The molecular formula is C29H31N3O2. The summed E-state index contributed by atoms with van der Waals surface area (Å²) in [5.41, 5.74) is 7.22. The van der Waals surface area contributed by atoms with Crippen molar-refractivity contribution in [3.8, 4) is 22.7 Å². The number of nitrogens with zero attached hydrogens (tertiary/aromatic N) is 3. The average Bonchev–Trinajstić information content (AvgIpc) is 3.26. The standard InChI is InChI=1S/C29H31N3O2/c1-20-9-11-22(12-10-20)28-19-24(30-32(28)25-13-15-26(34-5)16-14-25)18-27(29(33)31(3)4)23-8-6-7-21(2)17-23/h6-17,19,27H,18H2,1-5H3. The van der Waals surface area contributed by atoms with Crippen LogP contribution in [-0.2, 0) is 11.2 Å². The number of hydrogen-bond donors (Lipinski definition) is 0. The fourth-order valence-corrected chi connectivity index (χ4v) is 4.14. The molecule has 34 heavy (non-hydrogen) atoms. The van der Waals surface area contributed by atoms with Crippen LogP contribution in [0.15, 0.2) is 78.9 Å². The minimum Gasteiger partial charge on any atom is -0.497 e. The van der Waals surface area contributed by atoms with Crippen LogP contribution in [0.1, 0.15) is 28.3 Å². The van der Waals surface area contributed by atoms with Crippen LogP contribution in [0.4, 0.5) is 0 Å². The number of rotatable bonds is 7. The molecule has 0 N–H and O–H groups in total. The van der Waals surface area contributed by atoms with E-state index >= 15 is 0 Å². The topological polar surface area (TPSA) is 47.4 Å². The van der Waals surface area contributed by atoms with Crippen LogP contribution in [0, 0.1) is 13.8 Å². The highest BCUT2D eigenvalue weighted by atomic mass is 16.5. The summed E-state index contributed by atoms with van der Waals surface area (Å²) < 4.78 is 7.28. The second-order valence-electron chi connectivity index (χ2n) is 8.90. The molecular weight excluding hydrogens is 422 g/mol. The predicted molar refractivity (Wildman–Crippen MR) is 137 cm³/mol. The third kappa shape index (κ3) is 5.04. The molecule has 0 radical (unpaired) electrons. The van der Waals surface area contributed by atoms with Gasteiger partial charge in [0.05, 0.1) is 30.1 Å². The third-order valence-electron chi connectivity index (χ3n) is 6.02. The Morgan fingerprint density at radius 2 is 1.65 bits per heavy atom. The lowest BCUT2D eigenvalue weighted by atomic mass is 9.91. The first-order valence-electron chi connectivity index (χ1n) is 11.4. The Labute approximate surface area is 201 Å². The van der Waals surface area contributed by atoms with Crippen LogP contribution < -0.4 is 4.74 Å². The molecule has 5 nitrogen and oxygen atoms in total. The van der Waals surface area contributed by atoms with E-state index in [-0.39, 0.29) is 11.8 Å². The molecule has 0 saturated carbocycles. The molecule has 1 aromatic heterocycles. The first kappa shape index (κ1) is 23.3. The van der Waals surface area contributed by atoms with Gasteiger partial charge in [-0.25, -0.2) is 4.68 Å². The van der Waals surface area contributed by atoms with Crippen molar-refractivity contribution in [1.82, 2.24) is 14.7 Å². The predicted octanol–water partition coefficient (Wildman–Crippen LogP) is 5.58. The summed E-state index contributed by atoms with van der Waals surface area (Å²) in [5.74, 6) is 0.561. The van der Waals surface area contributed by atoms with Crippen molar-refractivity contribution in [2.45, 2.75) is 26.2 Å². The molecule has 0 saturated heterocycles. The molecule has 1 amide bonds. The van der Waals surface area contributed by atoms with E-state index in [0.717, 1.165) is 39.5 Å². The molecule has 0 bridgehead atoms. The van der Waals surface area contributed by atoms with Gasteiger partial charge in [-0.1, -0.05) is 59.7 Å². The number of benzene rings is 3. The van der Waals surface area contributed by atoms with E-state index in [4.69, 9.17) is 9.84 Å². The summed E-state index contributed by atoms with van der Waals surface area (Å²) >= 11 is 0. The lowest BCUT2D eigenvalue weighted by molar-refractivity contribution is -0.130. The van der Waals surface area contributed by atoms with E-state index < -0.39 is 0 Å². The Kier molecular flexibility index (Phi) is 6.82. The molecule has 0 aliphatic heterocycles. The Morgan fingerprint density at radius 3 is 2.26 bits per heavy atom. The van der Waals surface area contributed by atoms with Gasteiger partial charge in [0.2, 0.25) is 5.91 Å². The average molecular weight is 454 g/mol. The lowest BCUT2D eigenvalue weighted by Gasteiger charge is -2.20. The summed E-state index contributed by atoms with van der Waals surface area (Å²) in [4.78, 5) is 14.8. The van der Waals surface area contributed by atoms with Crippen LogP contribution >= 0.6 is 0 Å². The molecule has 0 spiro atoms. The largest absolute Gasteiger partial charge is 0.497 e. The van der Waals surface area contributed by atoms with Gasteiger partial charge in [0.25, 0.3) is 0 Å². The molecule has 3 aromatic carbocycles. The monoisotopic (exact) mass is 453 g/mol. The number of amides is 1. The first-order valence-corrected chi connectivity index (χ1v) is 11.4. The number of carbonyl (C=O) groups excluding carboxylic acids is 1. The Bertz CT molecular complexity index is 1270. The normalized spacial score (nSPS) is 11.8. The molecule has 4 aromatic rings. The van der Waals surface area contributed by atoms with Gasteiger partial charge >= 0.3 is 0 Å². The fraction of sp³-hybridized carbons (Fsp3) is 0.241. The quantitative estimate of drug-likeness (QED) is 0.367. The Balaban J connectivity index is 1.78. The van der Waals surface area contributed by atoms with Crippen LogP contribution in [0.25, 0.3) is 16.9 Å². The van der Waals surface area contributed by atoms with Gasteiger partial charge in [-0.05, 0) is 49.7 Å². The number of carbonyl (C=O) groups is 1. The molecule has 1 atom stereocenters. The molecule has 174 valence electrons. The van der Waals surface area contributed by atoms with Crippen molar-refractivity contribution in [3.63, 3.8) is 0 Å². The van der Waals surface area contributed by atoms with Crippen LogP contribution in [0.3, 0.4) is 0 Å². The zero-order valence-corrected chi connectivity index (χ0v) is 20.4. The van der Waals surface area contributed by atoms with E-state index in [1.54, 1.807) is 26.1 Å². The van der Waals surface area contributed by atoms with E-state index in [1.165, 1.54) is 5.56 Å². The number of likely N-dealkylation sites (N-methyl/N-ethyl adjacent to an activating group) is 1. The molecule has 4 rings (SSSR count).